The van der Waals surface area contributed by atoms with Gasteiger partial charge in [0.15, 0.2) is 6.61 Å². The molecule has 2 amide bonds. The molecule has 1 aliphatic rings. The number of nitrogens with one attached hydrogen (secondary N) is 2. The molecule has 156 valence electrons. The van der Waals surface area contributed by atoms with E-state index < -0.39 is 0 Å². The molecule has 0 spiro atoms. The van der Waals surface area contributed by atoms with Crippen molar-refractivity contribution in [3.05, 3.63) is 40.5 Å². The van der Waals surface area contributed by atoms with E-state index in [-0.39, 0.29) is 38.0 Å². The largest absolute Gasteiger partial charge is 0.484 e. The van der Waals surface area contributed by atoms with Crippen LogP contribution in [0.4, 0.5) is 0 Å². The lowest BCUT2D eigenvalue weighted by atomic mass is 10.3. The third-order valence-corrected chi connectivity index (χ3v) is 5.12. The minimum absolute atomic E-state index is 0. The van der Waals surface area contributed by atoms with Gasteiger partial charge < -0.3 is 19.6 Å². The summed E-state index contributed by atoms with van der Waals surface area (Å²) >= 11 is 12.9. The van der Waals surface area contributed by atoms with Crippen LogP contribution in [0, 0.1) is 0 Å². The topological polar surface area (TPSA) is 79.7 Å². The molecule has 0 aromatic heterocycles. The second-order valence-corrected chi connectivity index (χ2v) is 7.32. The third kappa shape index (κ3) is 8.50. The molecule has 1 fully saturated rings. The van der Waals surface area contributed by atoms with E-state index in [0.717, 1.165) is 0 Å². The van der Waals surface area contributed by atoms with Crippen molar-refractivity contribution < 1.29 is 18.5 Å². The normalized spacial score (nSPS) is 17.2. The Labute approximate surface area is 185 Å². The molecule has 1 aromatic carbocycles. The predicted octanol–water partition coefficient (Wildman–Crippen LogP) is 2.91. The first kappa shape index (κ1) is 24.9. The zero-order valence-electron chi connectivity index (χ0n) is 15.3. The van der Waals surface area contributed by atoms with E-state index in [9.17, 15) is 9.59 Å². The minimum Gasteiger partial charge on any atom is -0.484 e. The van der Waals surface area contributed by atoms with E-state index in [1.54, 1.807) is 18.2 Å². The first-order valence-electron chi connectivity index (χ1n) is 8.30. The van der Waals surface area contributed by atoms with E-state index in [4.69, 9.17) is 32.1 Å². The Bertz CT molecular complexity index is 709. The Hall–Kier alpha value is -1.10. The summed E-state index contributed by atoms with van der Waals surface area (Å²) < 4.78 is 12.3. The van der Waals surface area contributed by atoms with Gasteiger partial charge in [0.2, 0.25) is 5.91 Å². The van der Waals surface area contributed by atoms with Crippen molar-refractivity contribution >= 4 is 60.7 Å². The summed E-state index contributed by atoms with van der Waals surface area (Å²) in [5.74, 6) is 0.0401. The van der Waals surface area contributed by atoms with Gasteiger partial charge in [0, 0.05) is 31.3 Å². The quantitative estimate of drug-likeness (QED) is 0.296. The van der Waals surface area contributed by atoms with E-state index >= 15 is 0 Å². The number of ether oxygens (including phenoxy) is 1. The van der Waals surface area contributed by atoms with Crippen LogP contribution in [0.1, 0.15) is 13.3 Å². The highest BCUT2D eigenvalue weighted by Gasteiger charge is 2.42. The Balaban J connectivity index is 0.00000392. The maximum absolute atomic E-state index is 12.0. The van der Waals surface area contributed by atoms with Crippen LogP contribution >= 0.6 is 48.9 Å². The Morgan fingerprint density at radius 1 is 1.36 bits per heavy atom. The molecule has 1 aromatic rings. The van der Waals surface area contributed by atoms with Crippen LogP contribution in [0.2, 0.25) is 10.0 Å². The lowest BCUT2D eigenvalue weighted by molar-refractivity contribution is -0.123. The van der Waals surface area contributed by atoms with Gasteiger partial charge in [-0.15, -0.1) is 0 Å². The van der Waals surface area contributed by atoms with Gasteiger partial charge >= 0.3 is 0 Å². The van der Waals surface area contributed by atoms with Gasteiger partial charge in [-0.3, -0.25) is 9.59 Å². The van der Waals surface area contributed by atoms with Crippen molar-refractivity contribution in [2.24, 2.45) is 0 Å². The molecule has 28 heavy (non-hydrogen) atoms. The zero-order chi connectivity index (χ0) is 19.8. The van der Waals surface area contributed by atoms with Crippen molar-refractivity contribution in [1.82, 2.24) is 14.9 Å². The lowest BCUT2D eigenvalue weighted by Crippen LogP contribution is -2.33. The van der Waals surface area contributed by atoms with Crippen LogP contribution < -0.4 is 15.4 Å². The number of halogens is 2. The molecule has 0 radical (unpaired) electrons. The lowest BCUT2D eigenvalue weighted by Gasteiger charge is -2.10. The van der Waals surface area contributed by atoms with Crippen molar-refractivity contribution in [2.75, 3.05) is 26.3 Å². The van der Waals surface area contributed by atoms with Crippen molar-refractivity contribution in [3.8, 4) is 5.75 Å². The molecule has 1 aliphatic heterocycles. The van der Waals surface area contributed by atoms with Crippen LogP contribution in [0.5, 0.6) is 5.75 Å². The number of carbonyl (C=O) groups excluding carboxylic acids is 2. The van der Waals surface area contributed by atoms with Gasteiger partial charge in [0.25, 0.3) is 5.91 Å². The molecule has 0 bridgehead atoms. The number of amides is 2. The summed E-state index contributed by atoms with van der Waals surface area (Å²) in [4.78, 5) is 23.8. The summed E-state index contributed by atoms with van der Waals surface area (Å²) in [6, 6.07) is 4.56. The van der Waals surface area contributed by atoms with Crippen LogP contribution in [0.3, 0.4) is 0 Å². The first-order chi connectivity index (χ1) is 12.9. The van der Waals surface area contributed by atoms with Crippen LogP contribution in [-0.2, 0) is 13.8 Å². The van der Waals surface area contributed by atoms with E-state index in [1.165, 1.54) is 12.2 Å². The SMILES string of the molecule is C=C(CCNC(=O)COc1ccc(Cl)c(Cl)c1)NC(=O)C1CN1SOCC.S. The summed E-state index contributed by atoms with van der Waals surface area (Å²) in [5.41, 5.74) is 0.541. The molecule has 2 atom stereocenters. The second-order valence-electron chi connectivity index (χ2n) is 5.65. The van der Waals surface area contributed by atoms with E-state index in [2.05, 4.69) is 17.2 Å². The van der Waals surface area contributed by atoms with Crippen LogP contribution in [0.25, 0.3) is 0 Å². The molecule has 0 saturated carbocycles. The van der Waals surface area contributed by atoms with Gasteiger partial charge in [-0.25, -0.2) is 4.31 Å². The highest BCUT2D eigenvalue weighted by molar-refractivity contribution is 7.92. The summed E-state index contributed by atoms with van der Waals surface area (Å²) in [5, 5.41) is 6.21. The van der Waals surface area contributed by atoms with Crippen molar-refractivity contribution in [1.29, 1.82) is 0 Å². The summed E-state index contributed by atoms with van der Waals surface area (Å²) in [7, 11) is 0. The van der Waals surface area contributed by atoms with Crippen molar-refractivity contribution in [3.63, 3.8) is 0 Å². The molecule has 2 N–H and O–H groups in total. The maximum Gasteiger partial charge on any atom is 0.257 e. The van der Waals surface area contributed by atoms with Crippen molar-refractivity contribution in [2.45, 2.75) is 19.4 Å². The highest BCUT2D eigenvalue weighted by Crippen LogP contribution is 2.28. The standard InChI is InChI=1S/C17H21Cl2N3O4S.H2S/c1-3-26-27-22-9-15(22)17(24)21-11(2)6-7-20-16(23)10-25-12-4-5-13(18)14(19)8-12;/h4-5,8,15H,2-3,6-7,9-10H2,1H3,(H,20,23)(H,21,24);1H2. The molecule has 2 rings (SSSR count). The fourth-order valence-electron chi connectivity index (χ4n) is 1.98. The fourth-order valence-corrected chi connectivity index (χ4v) is 2.91. The second kappa shape index (κ2) is 12.5. The van der Waals surface area contributed by atoms with Gasteiger partial charge in [0.1, 0.15) is 11.8 Å². The van der Waals surface area contributed by atoms with Crippen LogP contribution in [-0.4, -0.2) is 48.5 Å². The van der Waals surface area contributed by atoms with E-state index in [1.807, 2.05) is 11.2 Å². The Morgan fingerprint density at radius 2 is 2.11 bits per heavy atom. The third-order valence-electron chi connectivity index (χ3n) is 3.45. The van der Waals surface area contributed by atoms with Crippen LogP contribution in [0.15, 0.2) is 30.5 Å². The number of rotatable bonds is 11. The van der Waals surface area contributed by atoms with E-state index in [0.29, 0.717) is 47.6 Å². The number of nitrogens with zero attached hydrogens (tertiary/aromatic N) is 1. The Morgan fingerprint density at radius 3 is 2.79 bits per heavy atom. The fraction of sp³-hybridized carbons (Fsp3) is 0.412. The smallest absolute Gasteiger partial charge is 0.257 e. The predicted molar refractivity (Wildman–Crippen MR) is 117 cm³/mol. The van der Waals surface area contributed by atoms with Gasteiger partial charge in [-0.05, 0) is 19.1 Å². The Kier molecular flexibility index (Phi) is 11.1. The number of hydrogen-bond donors (Lipinski definition) is 2. The maximum atomic E-state index is 12.0. The minimum atomic E-state index is -0.290. The van der Waals surface area contributed by atoms with Gasteiger partial charge in [0.05, 0.1) is 28.9 Å². The molecule has 1 heterocycles. The molecular weight excluding hydrogens is 445 g/mol. The van der Waals surface area contributed by atoms with Gasteiger partial charge in [-0.2, -0.15) is 13.5 Å². The monoisotopic (exact) mass is 467 g/mol. The highest BCUT2D eigenvalue weighted by atomic mass is 35.5. The molecule has 0 aliphatic carbocycles. The number of benzene rings is 1. The zero-order valence-corrected chi connectivity index (χ0v) is 18.6. The number of carbonyl (C=O) groups is 2. The molecule has 1 saturated heterocycles. The average molecular weight is 468 g/mol. The van der Waals surface area contributed by atoms with Gasteiger partial charge in [-0.1, -0.05) is 29.8 Å². The molecular formula is C17H23Cl2N3O4S2. The molecule has 7 nitrogen and oxygen atoms in total. The average Bonchev–Trinajstić information content (AvgIpc) is 3.40. The summed E-state index contributed by atoms with van der Waals surface area (Å²) in [6.45, 7) is 7.10. The molecule has 11 heteroatoms. The first-order valence-corrected chi connectivity index (χ1v) is 9.75. The molecule has 2 unspecified atom stereocenters. The number of hydrogen-bond acceptors (Lipinski definition) is 6. The summed E-state index contributed by atoms with van der Waals surface area (Å²) in [6.07, 6.45) is 0.426.